The van der Waals surface area contributed by atoms with Crippen LogP contribution in [-0.4, -0.2) is 23.6 Å². The fraction of sp³-hybridized carbons (Fsp3) is 0.368. The minimum Gasteiger partial charge on any atom is -0.354 e. The van der Waals surface area contributed by atoms with Gasteiger partial charge >= 0.3 is 0 Å². The van der Waals surface area contributed by atoms with E-state index in [0.29, 0.717) is 19.1 Å². The molecule has 1 atom stereocenters. The Bertz CT molecular complexity index is 719. The number of aromatic nitrogens is 1. The van der Waals surface area contributed by atoms with E-state index in [0.717, 1.165) is 17.9 Å². The van der Waals surface area contributed by atoms with Crippen LogP contribution in [0.15, 0.2) is 58.4 Å². The van der Waals surface area contributed by atoms with Crippen molar-refractivity contribution in [3.8, 4) is 0 Å². The predicted molar refractivity (Wildman–Crippen MR) is 99.3 cm³/mol. The van der Waals surface area contributed by atoms with Crippen LogP contribution in [0.3, 0.4) is 0 Å². The minimum absolute atomic E-state index is 0.0168. The van der Waals surface area contributed by atoms with E-state index in [-0.39, 0.29) is 5.56 Å². The Hall–Kier alpha value is -2.56. The summed E-state index contributed by atoms with van der Waals surface area (Å²) in [5, 5.41) is 6.65. The summed E-state index contributed by atoms with van der Waals surface area (Å²) in [5.74, 6) is 0.810. The summed E-state index contributed by atoms with van der Waals surface area (Å²) < 4.78 is 1.70. The summed E-state index contributed by atoms with van der Waals surface area (Å²) in [5.41, 5.74) is 2.29. The van der Waals surface area contributed by atoms with E-state index in [1.807, 2.05) is 12.3 Å². The molecule has 0 aliphatic heterocycles. The molecule has 1 aromatic heterocycles. The molecule has 0 fully saturated rings. The molecule has 2 aromatic rings. The smallest absolute Gasteiger partial charge is 0.250 e. The molecule has 0 aliphatic rings. The van der Waals surface area contributed by atoms with Gasteiger partial charge in [0.25, 0.3) is 5.56 Å². The van der Waals surface area contributed by atoms with Gasteiger partial charge in [0.1, 0.15) is 0 Å². The third-order valence-electron chi connectivity index (χ3n) is 3.95. The fourth-order valence-corrected chi connectivity index (χ4v) is 2.27. The topological polar surface area (TPSA) is 58.4 Å². The van der Waals surface area contributed by atoms with Crippen LogP contribution in [0.25, 0.3) is 0 Å². The second kappa shape index (κ2) is 8.91. The van der Waals surface area contributed by atoms with E-state index in [1.54, 1.807) is 23.7 Å². The van der Waals surface area contributed by atoms with Crippen molar-refractivity contribution in [2.45, 2.75) is 39.4 Å². The van der Waals surface area contributed by atoms with Crippen LogP contribution in [0.1, 0.15) is 31.4 Å². The Balaban J connectivity index is 1.92. The number of nitrogens with zero attached hydrogens (tertiary/aromatic N) is 2. The van der Waals surface area contributed by atoms with Gasteiger partial charge in [0, 0.05) is 31.9 Å². The minimum atomic E-state index is 0.0168. The average Bonchev–Trinajstić information content (AvgIpc) is 2.61. The first-order chi connectivity index (χ1) is 11.6. The Morgan fingerprint density at radius 3 is 2.50 bits per heavy atom. The van der Waals surface area contributed by atoms with Crippen molar-refractivity contribution in [3.05, 3.63) is 70.1 Å². The molecule has 0 radical (unpaired) electrons. The van der Waals surface area contributed by atoms with Gasteiger partial charge in [-0.25, -0.2) is 0 Å². The molecule has 1 aromatic carbocycles. The number of hydrogen-bond donors (Lipinski definition) is 2. The molecule has 2 N–H and O–H groups in total. The SMILES string of the molecule is CCC(C)NC(=NC)NCc1ccc(Cn2ccccc2=O)cc1. The molecule has 24 heavy (non-hydrogen) atoms. The molecular weight excluding hydrogens is 300 g/mol. The summed E-state index contributed by atoms with van der Waals surface area (Å²) in [7, 11) is 1.78. The number of pyridine rings is 1. The zero-order valence-corrected chi connectivity index (χ0v) is 14.6. The van der Waals surface area contributed by atoms with E-state index >= 15 is 0 Å². The van der Waals surface area contributed by atoms with Crippen molar-refractivity contribution < 1.29 is 0 Å². The normalized spacial score (nSPS) is 12.7. The predicted octanol–water partition coefficient (Wildman–Crippen LogP) is 2.36. The van der Waals surface area contributed by atoms with Gasteiger partial charge in [-0.2, -0.15) is 0 Å². The highest BCUT2D eigenvalue weighted by molar-refractivity contribution is 5.79. The Morgan fingerprint density at radius 2 is 1.88 bits per heavy atom. The second-order valence-corrected chi connectivity index (χ2v) is 5.86. The highest BCUT2D eigenvalue weighted by atomic mass is 16.1. The third-order valence-corrected chi connectivity index (χ3v) is 3.95. The lowest BCUT2D eigenvalue weighted by atomic mass is 10.1. The van der Waals surface area contributed by atoms with Crippen molar-refractivity contribution in [3.63, 3.8) is 0 Å². The highest BCUT2D eigenvalue weighted by Crippen LogP contribution is 2.05. The largest absolute Gasteiger partial charge is 0.354 e. The average molecular weight is 326 g/mol. The summed E-state index contributed by atoms with van der Waals surface area (Å²) >= 11 is 0. The molecule has 0 saturated heterocycles. The first kappa shape index (κ1) is 17.8. The molecule has 5 nitrogen and oxygen atoms in total. The van der Waals surface area contributed by atoms with Crippen LogP contribution in [-0.2, 0) is 13.1 Å². The standard InChI is InChI=1S/C19H26N4O/c1-4-15(2)22-19(20-3)21-13-16-8-10-17(11-9-16)14-23-12-6-5-7-18(23)24/h5-12,15H,4,13-14H2,1-3H3,(H2,20,21,22). The third kappa shape index (κ3) is 5.26. The molecule has 1 heterocycles. The second-order valence-electron chi connectivity index (χ2n) is 5.86. The van der Waals surface area contributed by atoms with Crippen molar-refractivity contribution >= 4 is 5.96 Å². The van der Waals surface area contributed by atoms with Gasteiger partial charge in [-0.1, -0.05) is 37.3 Å². The monoisotopic (exact) mass is 326 g/mol. The first-order valence-electron chi connectivity index (χ1n) is 8.33. The van der Waals surface area contributed by atoms with Gasteiger partial charge < -0.3 is 15.2 Å². The molecule has 2 rings (SSSR count). The quantitative estimate of drug-likeness (QED) is 0.633. The van der Waals surface area contributed by atoms with Crippen LogP contribution in [0.2, 0.25) is 0 Å². The van der Waals surface area contributed by atoms with Crippen molar-refractivity contribution in [2.75, 3.05) is 7.05 Å². The van der Waals surface area contributed by atoms with Gasteiger partial charge in [0.05, 0.1) is 6.54 Å². The number of benzene rings is 1. The maximum absolute atomic E-state index is 11.7. The summed E-state index contributed by atoms with van der Waals surface area (Å²) in [6.07, 6.45) is 2.86. The van der Waals surface area contributed by atoms with Gasteiger partial charge in [0.2, 0.25) is 0 Å². The molecule has 128 valence electrons. The molecule has 1 unspecified atom stereocenters. The van der Waals surface area contributed by atoms with Gasteiger partial charge in [-0.05, 0) is 30.5 Å². The Morgan fingerprint density at radius 1 is 1.17 bits per heavy atom. The van der Waals surface area contributed by atoms with E-state index in [4.69, 9.17) is 0 Å². The number of aliphatic imine (C=N–C) groups is 1. The lowest BCUT2D eigenvalue weighted by Crippen LogP contribution is -2.41. The zero-order valence-electron chi connectivity index (χ0n) is 14.6. The summed E-state index contributed by atoms with van der Waals surface area (Å²) in [6.45, 7) is 5.57. The van der Waals surface area contributed by atoms with E-state index in [1.165, 1.54) is 5.56 Å². The van der Waals surface area contributed by atoms with Crippen LogP contribution in [0.5, 0.6) is 0 Å². The van der Waals surface area contributed by atoms with E-state index in [9.17, 15) is 4.79 Å². The number of rotatable bonds is 6. The van der Waals surface area contributed by atoms with Crippen molar-refractivity contribution in [1.82, 2.24) is 15.2 Å². The Kier molecular flexibility index (Phi) is 6.61. The van der Waals surface area contributed by atoms with Crippen LogP contribution < -0.4 is 16.2 Å². The summed E-state index contributed by atoms with van der Waals surface area (Å²) in [4.78, 5) is 16.0. The molecule has 0 bridgehead atoms. The molecule has 0 amide bonds. The molecule has 0 saturated carbocycles. The van der Waals surface area contributed by atoms with Crippen LogP contribution in [0.4, 0.5) is 0 Å². The van der Waals surface area contributed by atoms with E-state index < -0.39 is 0 Å². The molecular formula is C19H26N4O. The van der Waals surface area contributed by atoms with Gasteiger partial charge in [-0.15, -0.1) is 0 Å². The first-order valence-corrected chi connectivity index (χ1v) is 8.33. The summed E-state index contributed by atoms with van der Waals surface area (Å²) in [6, 6.07) is 13.9. The van der Waals surface area contributed by atoms with Gasteiger partial charge in [0.15, 0.2) is 5.96 Å². The zero-order chi connectivity index (χ0) is 17.4. The Labute approximate surface area is 143 Å². The van der Waals surface area contributed by atoms with Gasteiger partial charge in [-0.3, -0.25) is 9.79 Å². The number of hydrogen-bond acceptors (Lipinski definition) is 2. The molecule has 0 spiro atoms. The lowest BCUT2D eigenvalue weighted by Gasteiger charge is -2.16. The van der Waals surface area contributed by atoms with Crippen molar-refractivity contribution in [2.24, 2.45) is 4.99 Å². The van der Waals surface area contributed by atoms with Crippen molar-refractivity contribution in [1.29, 1.82) is 0 Å². The molecule has 0 aliphatic carbocycles. The van der Waals surface area contributed by atoms with Crippen LogP contribution >= 0.6 is 0 Å². The maximum Gasteiger partial charge on any atom is 0.250 e. The number of guanidine groups is 1. The van der Waals surface area contributed by atoms with Crippen LogP contribution in [0, 0.1) is 0 Å². The fourth-order valence-electron chi connectivity index (χ4n) is 2.27. The number of nitrogens with one attached hydrogen (secondary N) is 2. The van der Waals surface area contributed by atoms with E-state index in [2.05, 4.69) is 53.7 Å². The maximum atomic E-state index is 11.7. The lowest BCUT2D eigenvalue weighted by molar-refractivity contribution is 0.624. The molecule has 5 heteroatoms. The highest BCUT2D eigenvalue weighted by Gasteiger charge is 2.03.